The SMILES string of the molecule is C[C@H]1C[C@@H](Oc2ncnc3c(Cl)nccc23)CN1C(=O)OC(C)(C)C. The number of hydrogen-bond acceptors (Lipinski definition) is 6. The van der Waals surface area contributed by atoms with Gasteiger partial charge in [-0.15, -0.1) is 0 Å². The van der Waals surface area contributed by atoms with Crippen molar-refractivity contribution in [3.63, 3.8) is 0 Å². The molecule has 3 heterocycles. The number of ether oxygens (including phenoxy) is 2. The number of pyridine rings is 1. The summed E-state index contributed by atoms with van der Waals surface area (Å²) >= 11 is 6.07. The van der Waals surface area contributed by atoms with Crippen molar-refractivity contribution in [2.45, 2.75) is 51.9 Å². The summed E-state index contributed by atoms with van der Waals surface area (Å²) in [5.74, 6) is 0.442. The van der Waals surface area contributed by atoms with Crippen molar-refractivity contribution in [1.29, 1.82) is 0 Å². The van der Waals surface area contributed by atoms with E-state index in [0.29, 0.717) is 34.9 Å². The van der Waals surface area contributed by atoms with E-state index in [0.717, 1.165) is 0 Å². The molecule has 134 valence electrons. The van der Waals surface area contributed by atoms with Crippen LogP contribution in [0.3, 0.4) is 0 Å². The van der Waals surface area contributed by atoms with Gasteiger partial charge in [0, 0.05) is 18.7 Å². The van der Waals surface area contributed by atoms with Crippen LogP contribution in [0.15, 0.2) is 18.6 Å². The Morgan fingerprint density at radius 1 is 1.32 bits per heavy atom. The maximum atomic E-state index is 12.3. The number of nitrogens with zero attached hydrogens (tertiary/aromatic N) is 4. The van der Waals surface area contributed by atoms with Crippen LogP contribution in [0.25, 0.3) is 10.9 Å². The van der Waals surface area contributed by atoms with E-state index in [1.807, 2.05) is 27.7 Å². The number of halogens is 1. The minimum atomic E-state index is -0.525. The first-order valence-corrected chi connectivity index (χ1v) is 8.54. The Labute approximate surface area is 151 Å². The number of amides is 1. The zero-order valence-electron chi connectivity index (χ0n) is 14.7. The van der Waals surface area contributed by atoms with Crippen LogP contribution < -0.4 is 4.74 Å². The highest BCUT2D eigenvalue weighted by Gasteiger charge is 2.36. The molecule has 1 saturated heterocycles. The predicted molar refractivity (Wildman–Crippen MR) is 93.8 cm³/mol. The van der Waals surface area contributed by atoms with Crippen molar-refractivity contribution in [3.05, 3.63) is 23.7 Å². The zero-order chi connectivity index (χ0) is 18.2. The van der Waals surface area contributed by atoms with Gasteiger partial charge in [-0.1, -0.05) is 11.6 Å². The highest BCUT2D eigenvalue weighted by atomic mass is 35.5. The van der Waals surface area contributed by atoms with E-state index >= 15 is 0 Å². The van der Waals surface area contributed by atoms with E-state index in [9.17, 15) is 4.79 Å². The monoisotopic (exact) mass is 364 g/mol. The molecule has 0 aromatic carbocycles. The van der Waals surface area contributed by atoms with Crippen molar-refractivity contribution < 1.29 is 14.3 Å². The molecule has 2 aromatic heterocycles. The van der Waals surface area contributed by atoms with Gasteiger partial charge in [0.05, 0.1) is 11.9 Å². The molecular weight excluding hydrogens is 344 g/mol. The second-order valence-electron chi connectivity index (χ2n) is 7.13. The fourth-order valence-corrected chi connectivity index (χ4v) is 3.03. The molecule has 2 atom stereocenters. The minimum Gasteiger partial charge on any atom is -0.472 e. The summed E-state index contributed by atoms with van der Waals surface area (Å²) < 4.78 is 11.5. The lowest BCUT2D eigenvalue weighted by Crippen LogP contribution is -2.39. The average molecular weight is 365 g/mol. The van der Waals surface area contributed by atoms with Crippen LogP contribution in [-0.2, 0) is 4.74 Å². The van der Waals surface area contributed by atoms with Gasteiger partial charge in [-0.3, -0.25) is 0 Å². The number of hydrogen-bond donors (Lipinski definition) is 0. The van der Waals surface area contributed by atoms with Crippen molar-refractivity contribution in [1.82, 2.24) is 19.9 Å². The van der Waals surface area contributed by atoms with Gasteiger partial charge in [-0.2, -0.15) is 0 Å². The summed E-state index contributed by atoms with van der Waals surface area (Å²) in [6.07, 6.45) is 3.18. The Hall–Kier alpha value is -2.15. The second kappa shape index (κ2) is 6.63. The van der Waals surface area contributed by atoms with E-state index in [-0.39, 0.29) is 18.2 Å². The third-order valence-electron chi connectivity index (χ3n) is 3.91. The molecule has 0 radical (unpaired) electrons. The van der Waals surface area contributed by atoms with Crippen LogP contribution in [0, 0.1) is 0 Å². The molecule has 0 spiro atoms. The van der Waals surface area contributed by atoms with Gasteiger partial charge in [-0.05, 0) is 33.8 Å². The molecule has 0 saturated carbocycles. The summed E-state index contributed by atoms with van der Waals surface area (Å²) in [5, 5.41) is 1.01. The summed E-state index contributed by atoms with van der Waals surface area (Å²) in [5.41, 5.74) is 0.0201. The largest absolute Gasteiger partial charge is 0.472 e. The molecule has 2 aromatic rings. The highest BCUT2D eigenvalue weighted by Crippen LogP contribution is 2.29. The third-order valence-corrected chi connectivity index (χ3v) is 4.19. The molecule has 1 amide bonds. The number of likely N-dealkylation sites (tertiary alicyclic amines) is 1. The Morgan fingerprint density at radius 2 is 2.08 bits per heavy atom. The summed E-state index contributed by atoms with van der Waals surface area (Å²) in [6.45, 7) is 7.98. The molecule has 7 nitrogen and oxygen atoms in total. The molecule has 0 N–H and O–H groups in total. The molecule has 25 heavy (non-hydrogen) atoms. The Balaban J connectivity index is 1.75. The third kappa shape index (κ3) is 3.92. The Morgan fingerprint density at radius 3 is 2.80 bits per heavy atom. The van der Waals surface area contributed by atoms with Gasteiger partial charge >= 0.3 is 6.09 Å². The standard InChI is InChI=1S/C17H21ClN4O3/c1-10-7-11(8-22(10)16(23)25-17(2,3)4)24-15-12-5-6-19-14(18)13(12)20-9-21-15/h5-6,9-11H,7-8H2,1-4H3/t10-,11+/m0/s1. The van der Waals surface area contributed by atoms with Gasteiger partial charge in [0.2, 0.25) is 5.88 Å². The van der Waals surface area contributed by atoms with E-state index in [1.54, 1.807) is 17.2 Å². The maximum absolute atomic E-state index is 12.3. The van der Waals surface area contributed by atoms with Crippen LogP contribution in [0.1, 0.15) is 34.1 Å². The smallest absolute Gasteiger partial charge is 0.410 e. The van der Waals surface area contributed by atoms with Crippen LogP contribution in [-0.4, -0.2) is 50.2 Å². The Bertz CT molecular complexity index is 793. The quantitative estimate of drug-likeness (QED) is 0.759. The number of carbonyl (C=O) groups is 1. The van der Waals surface area contributed by atoms with E-state index in [1.165, 1.54) is 6.33 Å². The molecule has 0 unspecified atom stereocenters. The number of rotatable bonds is 2. The number of carbonyl (C=O) groups excluding carboxylic acids is 1. The maximum Gasteiger partial charge on any atom is 0.410 e. The van der Waals surface area contributed by atoms with Gasteiger partial charge in [0.1, 0.15) is 23.5 Å². The molecule has 1 fully saturated rings. The van der Waals surface area contributed by atoms with Crippen LogP contribution in [0.5, 0.6) is 5.88 Å². The van der Waals surface area contributed by atoms with Crippen LogP contribution in [0.4, 0.5) is 4.79 Å². The van der Waals surface area contributed by atoms with Crippen molar-refractivity contribution >= 4 is 28.6 Å². The summed E-state index contributed by atoms with van der Waals surface area (Å²) in [6, 6.07) is 1.79. The van der Waals surface area contributed by atoms with Crippen LogP contribution in [0.2, 0.25) is 5.15 Å². The molecule has 1 aliphatic rings. The van der Waals surface area contributed by atoms with E-state index in [4.69, 9.17) is 21.1 Å². The summed E-state index contributed by atoms with van der Waals surface area (Å²) in [7, 11) is 0. The molecule has 0 aliphatic carbocycles. The van der Waals surface area contributed by atoms with Gasteiger partial charge in [0.15, 0.2) is 5.15 Å². The highest BCUT2D eigenvalue weighted by molar-refractivity contribution is 6.33. The second-order valence-corrected chi connectivity index (χ2v) is 7.49. The topological polar surface area (TPSA) is 77.4 Å². The van der Waals surface area contributed by atoms with E-state index < -0.39 is 5.60 Å². The zero-order valence-corrected chi connectivity index (χ0v) is 15.4. The molecule has 0 bridgehead atoms. The first-order chi connectivity index (χ1) is 11.7. The number of fused-ring (bicyclic) bond motifs is 1. The molecule has 8 heteroatoms. The first kappa shape index (κ1) is 17.7. The van der Waals surface area contributed by atoms with Crippen LogP contribution >= 0.6 is 11.6 Å². The minimum absolute atomic E-state index is 0.0261. The summed E-state index contributed by atoms with van der Waals surface area (Å²) in [4.78, 5) is 26.4. The predicted octanol–water partition coefficient (Wildman–Crippen LogP) is 3.45. The lowest BCUT2D eigenvalue weighted by Gasteiger charge is -2.26. The van der Waals surface area contributed by atoms with Gasteiger partial charge < -0.3 is 14.4 Å². The lowest BCUT2D eigenvalue weighted by molar-refractivity contribution is 0.0224. The molecule has 3 rings (SSSR count). The Kier molecular flexibility index (Phi) is 4.69. The van der Waals surface area contributed by atoms with Crippen molar-refractivity contribution in [2.75, 3.05) is 6.54 Å². The van der Waals surface area contributed by atoms with Crippen molar-refractivity contribution in [2.24, 2.45) is 0 Å². The molecule has 1 aliphatic heterocycles. The van der Waals surface area contributed by atoms with Gasteiger partial charge in [0.25, 0.3) is 0 Å². The van der Waals surface area contributed by atoms with Gasteiger partial charge in [-0.25, -0.2) is 19.7 Å². The van der Waals surface area contributed by atoms with Crippen molar-refractivity contribution in [3.8, 4) is 5.88 Å². The molecular formula is C17H21ClN4O3. The fraction of sp³-hybridized carbons (Fsp3) is 0.529. The normalized spacial score (nSPS) is 20.8. The van der Waals surface area contributed by atoms with E-state index in [2.05, 4.69) is 15.0 Å². The average Bonchev–Trinajstić information content (AvgIpc) is 2.87. The lowest BCUT2D eigenvalue weighted by atomic mass is 10.2. The first-order valence-electron chi connectivity index (χ1n) is 8.16. The fourth-order valence-electron chi connectivity index (χ4n) is 2.83. The number of aromatic nitrogens is 3.